The molecule has 286 valence electrons. The van der Waals surface area contributed by atoms with Crippen molar-refractivity contribution in [2.75, 3.05) is 0 Å². The van der Waals surface area contributed by atoms with Gasteiger partial charge in [0.15, 0.2) is 34.9 Å². The molecule has 11 aromatic rings. The normalized spacial score (nSPS) is 11.3. The maximum Gasteiger partial charge on any atom is 0.164 e. The van der Waals surface area contributed by atoms with E-state index in [9.17, 15) is 0 Å². The third-order valence-electron chi connectivity index (χ3n) is 10.8. The summed E-state index contributed by atoms with van der Waals surface area (Å²) in [6, 6.07) is 69.4. The van der Waals surface area contributed by atoms with Crippen molar-refractivity contribution in [3.63, 3.8) is 0 Å². The summed E-state index contributed by atoms with van der Waals surface area (Å²) in [6.07, 6.45) is 0. The largest absolute Gasteiger partial charge is 0.456 e. The van der Waals surface area contributed by atoms with Gasteiger partial charge >= 0.3 is 0 Å². The molecule has 0 fully saturated rings. The average molecular weight is 783 g/mol. The van der Waals surface area contributed by atoms with Crippen LogP contribution in [0, 0.1) is 0 Å². The number of benzene rings is 8. The van der Waals surface area contributed by atoms with Crippen LogP contribution in [0.5, 0.6) is 0 Å². The van der Waals surface area contributed by atoms with Gasteiger partial charge < -0.3 is 4.42 Å². The molecule has 0 aliphatic carbocycles. The van der Waals surface area contributed by atoms with Crippen molar-refractivity contribution < 1.29 is 4.42 Å². The topological polar surface area (TPSA) is 90.5 Å². The summed E-state index contributed by atoms with van der Waals surface area (Å²) in [5, 5.41) is 2.02. The van der Waals surface area contributed by atoms with Gasteiger partial charge in [-0.1, -0.05) is 182 Å². The van der Waals surface area contributed by atoms with Gasteiger partial charge in [0.25, 0.3) is 0 Å². The average Bonchev–Trinajstić information content (AvgIpc) is 3.73. The lowest BCUT2D eigenvalue weighted by Gasteiger charge is -2.15. The molecule has 61 heavy (non-hydrogen) atoms. The highest BCUT2D eigenvalue weighted by molar-refractivity contribution is 6.14. The van der Waals surface area contributed by atoms with E-state index in [-0.39, 0.29) is 0 Å². The zero-order valence-electron chi connectivity index (χ0n) is 32.7. The molecule has 8 aromatic carbocycles. The van der Waals surface area contributed by atoms with E-state index in [1.807, 2.05) is 140 Å². The molecule has 0 saturated heterocycles. The van der Waals surface area contributed by atoms with Crippen molar-refractivity contribution >= 4 is 21.9 Å². The van der Waals surface area contributed by atoms with Gasteiger partial charge in [0.2, 0.25) is 0 Å². The molecule has 0 saturated carbocycles. The van der Waals surface area contributed by atoms with E-state index >= 15 is 0 Å². The minimum Gasteiger partial charge on any atom is -0.456 e. The van der Waals surface area contributed by atoms with Crippen LogP contribution in [0.15, 0.2) is 211 Å². The van der Waals surface area contributed by atoms with E-state index in [2.05, 4.69) is 66.7 Å². The van der Waals surface area contributed by atoms with Crippen LogP contribution in [-0.4, -0.2) is 29.9 Å². The molecule has 0 amide bonds. The second-order valence-corrected chi connectivity index (χ2v) is 14.7. The first-order valence-corrected chi connectivity index (χ1v) is 20.1. The summed E-state index contributed by atoms with van der Waals surface area (Å²) in [7, 11) is 0. The Kier molecular flexibility index (Phi) is 9.02. The molecule has 3 aromatic heterocycles. The summed E-state index contributed by atoms with van der Waals surface area (Å²) in [5.41, 5.74) is 10.9. The first-order valence-electron chi connectivity index (χ1n) is 20.1. The highest BCUT2D eigenvalue weighted by Gasteiger charge is 2.22. The van der Waals surface area contributed by atoms with Crippen LogP contribution >= 0.6 is 0 Å². The Bertz CT molecular complexity index is 3220. The Morgan fingerprint density at radius 3 is 1.16 bits per heavy atom. The summed E-state index contributed by atoms with van der Waals surface area (Å²) >= 11 is 0. The van der Waals surface area contributed by atoms with Crippen molar-refractivity contribution in [3.05, 3.63) is 206 Å². The SMILES string of the molecule is c1ccc(-c2ccc3oc4cccc(-c5ccc(-c6nc(-c7ccccc7)nc(-c7ccccc7)n6)cc5-c5nc(-c6ccccc6)nc(-c6ccccc6)n5)c4c3c2)cc1. The predicted octanol–water partition coefficient (Wildman–Crippen LogP) is 13.3. The van der Waals surface area contributed by atoms with Crippen LogP contribution in [0.25, 0.3) is 113 Å². The fourth-order valence-electron chi connectivity index (χ4n) is 7.83. The lowest BCUT2D eigenvalue weighted by molar-refractivity contribution is 0.669. The first-order chi connectivity index (χ1) is 30.2. The zero-order chi connectivity index (χ0) is 40.5. The number of aromatic nitrogens is 6. The number of nitrogens with zero attached hydrogens (tertiary/aromatic N) is 6. The van der Waals surface area contributed by atoms with E-state index < -0.39 is 0 Å². The van der Waals surface area contributed by atoms with Gasteiger partial charge in [-0.25, -0.2) is 29.9 Å². The Hall–Kier alpha value is -8.42. The lowest BCUT2D eigenvalue weighted by atomic mass is 9.92. The summed E-state index contributed by atoms with van der Waals surface area (Å²) < 4.78 is 6.54. The number of hydrogen-bond acceptors (Lipinski definition) is 7. The Morgan fingerprint density at radius 2 is 0.672 bits per heavy atom. The van der Waals surface area contributed by atoms with E-state index in [4.69, 9.17) is 34.3 Å². The molecule has 0 aliphatic rings. The number of fused-ring (bicyclic) bond motifs is 3. The van der Waals surface area contributed by atoms with E-state index in [0.29, 0.717) is 34.9 Å². The van der Waals surface area contributed by atoms with Gasteiger partial charge in [-0.05, 0) is 46.5 Å². The molecule has 0 radical (unpaired) electrons. The standard InChI is InChI=1S/C54H34N6O/c1-6-17-35(18-7-1)40-30-32-46-45(33-40)48-43(27-16-28-47(48)61-46)42-31-29-41(53-57-49(36-19-8-2-9-20-36)55-50(58-53)37-21-10-3-11-22-37)34-44(42)54-59-51(38-23-12-4-13-24-38)56-52(60-54)39-25-14-5-15-26-39/h1-34H. The lowest BCUT2D eigenvalue weighted by Crippen LogP contribution is -2.03. The summed E-state index contributed by atoms with van der Waals surface area (Å²) in [5.74, 6) is 3.34. The second kappa shape index (κ2) is 15.4. The molecule has 7 nitrogen and oxygen atoms in total. The Morgan fingerprint density at radius 1 is 0.246 bits per heavy atom. The van der Waals surface area contributed by atoms with Gasteiger partial charge in [-0.15, -0.1) is 0 Å². The molecule has 11 rings (SSSR count). The van der Waals surface area contributed by atoms with Gasteiger partial charge in [0.05, 0.1) is 0 Å². The van der Waals surface area contributed by atoms with Crippen molar-refractivity contribution in [2.45, 2.75) is 0 Å². The fraction of sp³-hybridized carbons (Fsp3) is 0. The number of hydrogen-bond donors (Lipinski definition) is 0. The van der Waals surface area contributed by atoms with Gasteiger partial charge in [0, 0.05) is 44.2 Å². The molecule has 0 bridgehead atoms. The van der Waals surface area contributed by atoms with Crippen molar-refractivity contribution in [2.24, 2.45) is 0 Å². The van der Waals surface area contributed by atoms with Crippen LogP contribution in [0.2, 0.25) is 0 Å². The van der Waals surface area contributed by atoms with Crippen molar-refractivity contribution in [1.82, 2.24) is 29.9 Å². The van der Waals surface area contributed by atoms with Gasteiger partial charge in [0.1, 0.15) is 11.2 Å². The molecule has 3 heterocycles. The predicted molar refractivity (Wildman–Crippen MR) is 244 cm³/mol. The maximum atomic E-state index is 6.54. The Balaban J connectivity index is 1.18. The van der Waals surface area contributed by atoms with E-state index in [0.717, 1.165) is 77.6 Å². The summed E-state index contributed by atoms with van der Waals surface area (Å²) in [6.45, 7) is 0. The van der Waals surface area contributed by atoms with Crippen LogP contribution in [0.1, 0.15) is 0 Å². The van der Waals surface area contributed by atoms with Crippen molar-refractivity contribution in [1.29, 1.82) is 0 Å². The first kappa shape index (κ1) is 35.7. The van der Waals surface area contributed by atoms with E-state index in [1.165, 1.54) is 0 Å². The molecule has 7 heteroatoms. The summed E-state index contributed by atoms with van der Waals surface area (Å²) in [4.78, 5) is 30.6. The second-order valence-electron chi connectivity index (χ2n) is 14.7. The highest BCUT2D eigenvalue weighted by Crippen LogP contribution is 2.43. The van der Waals surface area contributed by atoms with Crippen molar-refractivity contribution in [3.8, 4) is 90.6 Å². The Labute approximate surface area is 351 Å². The van der Waals surface area contributed by atoms with Gasteiger partial charge in [-0.2, -0.15) is 0 Å². The van der Waals surface area contributed by atoms with Gasteiger partial charge in [-0.3, -0.25) is 0 Å². The van der Waals surface area contributed by atoms with Crippen LogP contribution in [-0.2, 0) is 0 Å². The minimum absolute atomic E-state index is 0.514. The smallest absolute Gasteiger partial charge is 0.164 e. The molecule has 0 spiro atoms. The minimum atomic E-state index is 0.514. The van der Waals surface area contributed by atoms with E-state index in [1.54, 1.807) is 0 Å². The molecule has 0 aliphatic heterocycles. The molecule has 0 N–H and O–H groups in total. The van der Waals surface area contributed by atoms with Crippen LogP contribution < -0.4 is 0 Å². The fourth-order valence-corrected chi connectivity index (χ4v) is 7.83. The molecule has 0 atom stereocenters. The maximum absolute atomic E-state index is 6.54. The number of rotatable bonds is 8. The zero-order valence-corrected chi connectivity index (χ0v) is 32.7. The molecule has 0 unspecified atom stereocenters. The third-order valence-corrected chi connectivity index (χ3v) is 10.8. The monoisotopic (exact) mass is 782 g/mol. The third kappa shape index (κ3) is 6.90. The van der Waals surface area contributed by atoms with Crippen LogP contribution in [0.4, 0.5) is 0 Å². The molecular formula is C54H34N6O. The molecular weight excluding hydrogens is 749 g/mol. The van der Waals surface area contributed by atoms with Crippen LogP contribution in [0.3, 0.4) is 0 Å². The number of furan rings is 1. The quantitative estimate of drug-likeness (QED) is 0.152. The highest BCUT2D eigenvalue weighted by atomic mass is 16.3.